The Hall–Kier alpha value is -2.11. The van der Waals surface area contributed by atoms with Crippen LogP contribution in [-0.4, -0.2) is 24.1 Å². The molecule has 0 aromatic heterocycles. The number of hydrogen-bond acceptors (Lipinski definition) is 3. The number of carbonyl (C=O) groups is 2. The van der Waals surface area contributed by atoms with Gasteiger partial charge in [0.15, 0.2) is 11.6 Å². The third-order valence-corrected chi connectivity index (χ3v) is 2.23. The second kappa shape index (κ2) is 6.58. The van der Waals surface area contributed by atoms with E-state index in [9.17, 15) is 14.0 Å². The van der Waals surface area contributed by atoms with Gasteiger partial charge < -0.3 is 15.2 Å². The second-order valence-electron chi connectivity index (χ2n) is 3.64. The number of benzene rings is 1. The number of anilines is 1. The predicted octanol–water partition coefficient (Wildman–Crippen LogP) is 2.03. The number of aliphatic carboxylic acids is 1. The lowest BCUT2D eigenvalue weighted by Gasteiger charge is -2.07. The van der Waals surface area contributed by atoms with E-state index in [1.807, 2.05) is 0 Å². The summed E-state index contributed by atoms with van der Waals surface area (Å²) in [5, 5.41) is 11.0. The summed E-state index contributed by atoms with van der Waals surface area (Å²) in [4.78, 5) is 21.7. The van der Waals surface area contributed by atoms with Gasteiger partial charge in [0, 0.05) is 24.6 Å². The molecule has 0 atom stereocenters. The monoisotopic (exact) mass is 255 g/mol. The van der Waals surface area contributed by atoms with E-state index in [0.717, 1.165) is 0 Å². The number of carboxylic acids is 1. The molecule has 2 N–H and O–H groups in total. The van der Waals surface area contributed by atoms with Crippen molar-refractivity contribution in [3.63, 3.8) is 0 Å². The Labute approximate surface area is 104 Å². The van der Waals surface area contributed by atoms with Crippen molar-refractivity contribution in [2.24, 2.45) is 0 Å². The number of rotatable bonds is 6. The number of amides is 1. The summed E-state index contributed by atoms with van der Waals surface area (Å²) >= 11 is 0. The molecule has 0 spiro atoms. The van der Waals surface area contributed by atoms with Crippen LogP contribution in [0.1, 0.15) is 19.3 Å². The molecule has 0 unspecified atom stereocenters. The molecule has 1 aromatic rings. The van der Waals surface area contributed by atoms with Crippen molar-refractivity contribution in [1.29, 1.82) is 0 Å². The quantitative estimate of drug-likeness (QED) is 0.815. The molecule has 6 heteroatoms. The van der Waals surface area contributed by atoms with E-state index in [1.165, 1.54) is 25.3 Å². The molecule has 0 aliphatic rings. The molecule has 0 bridgehead atoms. The molecule has 1 amide bonds. The molecule has 0 saturated carbocycles. The smallest absolute Gasteiger partial charge is 0.303 e. The van der Waals surface area contributed by atoms with Gasteiger partial charge in [-0.3, -0.25) is 9.59 Å². The molecule has 0 aliphatic carbocycles. The van der Waals surface area contributed by atoms with Crippen molar-refractivity contribution >= 4 is 17.6 Å². The Kier molecular flexibility index (Phi) is 5.10. The molecule has 0 heterocycles. The minimum absolute atomic E-state index is 0.0401. The van der Waals surface area contributed by atoms with Crippen molar-refractivity contribution in [2.75, 3.05) is 12.4 Å². The van der Waals surface area contributed by atoms with E-state index >= 15 is 0 Å². The van der Waals surface area contributed by atoms with E-state index in [1.54, 1.807) is 0 Å². The zero-order valence-electron chi connectivity index (χ0n) is 9.90. The predicted molar refractivity (Wildman–Crippen MR) is 63.1 cm³/mol. The molecule has 18 heavy (non-hydrogen) atoms. The number of carbonyl (C=O) groups excluding carboxylic acids is 1. The van der Waals surface area contributed by atoms with E-state index in [4.69, 9.17) is 9.84 Å². The Morgan fingerprint density at radius 3 is 2.72 bits per heavy atom. The maximum Gasteiger partial charge on any atom is 0.303 e. The average molecular weight is 255 g/mol. The molecule has 0 aliphatic heterocycles. The van der Waals surface area contributed by atoms with Crippen LogP contribution in [0.25, 0.3) is 0 Å². The highest BCUT2D eigenvalue weighted by Gasteiger charge is 2.07. The minimum atomic E-state index is -0.939. The van der Waals surface area contributed by atoms with Gasteiger partial charge >= 0.3 is 5.97 Å². The summed E-state index contributed by atoms with van der Waals surface area (Å²) < 4.78 is 17.9. The van der Waals surface area contributed by atoms with Gasteiger partial charge in [0.1, 0.15) is 0 Å². The SMILES string of the molecule is COc1cc(NC(=O)CCCC(=O)O)ccc1F. The number of methoxy groups -OCH3 is 1. The highest BCUT2D eigenvalue weighted by atomic mass is 19.1. The number of carboxylic acid groups (broad SMARTS) is 1. The highest BCUT2D eigenvalue weighted by Crippen LogP contribution is 2.21. The molecular weight excluding hydrogens is 241 g/mol. The standard InChI is InChI=1S/C12H14FNO4/c1-18-10-7-8(5-6-9(10)13)14-11(15)3-2-4-12(16)17/h5-7H,2-4H2,1H3,(H,14,15)(H,16,17). The Balaban J connectivity index is 2.51. The van der Waals surface area contributed by atoms with Gasteiger partial charge in [0.05, 0.1) is 7.11 Å². The van der Waals surface area contributed by atoms with Crippen LogP contribution in [0.4, 0.5) is 10.1 Å². The molecule has 1 aromatic carbocycles. The fourth-order valence-electron chi connectivity index (χ4n) is 1.36. The third-order valence-electron chi connectivity index (χ3n) is 2.23. The van der Waals surface area contributed by atoms with Crippen molar-refractivity contribution in [3.05, 3.63) is 24.0 Å². The van der Waals surface area contributed by atoms with Crippen LogP contribution in [0.3, 0.4) is 0 Å². The Bertz CT molecular complexity index is 448. The summed E-state index contributed by atoms with van der Waals surface area (Å²) in [5.41, 5.74) is 0.411. The Morgan fingerprint density at radius 2 is 2.11 bits per heavy atom. The lowest BCUT2D eigenvalue weighted by Crippen LogP contribution is -2.12. The number of hydrogen-bond donors (Lipinski definition) is 2. The van der Waals surface area contributed by atoms with Crippen LogP contribution in [-0.2, 0) is 9.59 Å². The molecular formula is C12H14FNO4. The van der Waals surface area contributed by atoms with Gasteiger partial charge in [-0.2, -0.15) is 0 Å². The van der Waals surface area contributed by atoms with E-state index in [2.05, 4.69) is 5.32 Å². The first kappa shape index (κ1) is 14.0. The topological polar surface area (TPSA) is 75.6 Å². The summed E-state index contributed by atoms with van der Waals surface area (Å²) in [6.45, 7) is 0. The van der Waals surface area contributed by atoms with Gasteiger partial charge in [-0.15, -0.1) is 0 Å². The van der Waals surface area contributed by atoms with Gasteiger partial charge in [0.25, 0.3) is 0 Å². The maximum absolute atomic E-state index is 13.1. The van der Waals surface area contributed by atoms with E-state index in [0.29, 0.717) is 5.69 Å². The zero-order valence-corrected chi connectivity index (χ0v) is 9.90. The van der Waals surface area contributed by atoms with Crippen molar-refractivity contribution in [2.45, 2.75) is 19.3 Å². The van der Waals surface area contributed by atoms with E-state index < -0.39 is 11.8 Å². The molecule has 0 radical (unpaired) electrons. The normalized spacial score (nSPS) is 9.89. The average Bonchev–Trinajstić information content (AvgIpc) is 2.31. The first-order valence-electron chi connectivity index (χ1n) is 5.38. The minimum Gasteiger partial charge on any atom is -0.494 e. The second-order valence-corrected chi connectivity index (χ2v) is 3.64. The van der Waals surface area contributed by atoms with Crippen LogP contribution in [0.2, 0.25) is 0 Å². The zero-order chi connectivity index (χ0) is 13.5. The maximum atomic E-state index is 13.1. The van der Waals surface area contributed by atoms with Gasteiger partial charge in [-0.05, 0) is 18.6 Å². The summed E-state index contributed by atoms with van der Waals surface area (Å²) in [6.07, 6.45) is 0.311. The first-order chi connectivity index (χ1) is 8.52. The largest absolute Gasteiger partial charge is 0.494 e. The van der Waals surface area contributed by atoms with Crippen LogP contribution in [0.5, 0.6) is 5.75 Å². The van der Waals surface area contributed by atoms with Crippen molar-refractivity contribution in [3.8, 4) is 5.75 Å². The fraction of sp³-hybridized carbons (Fsp3) is 0.333. The summed E-state index contributed by atoms with van der Waals surface area (Å²) in [6, 6.07) is 3.96. The number of nitrogens with one attached hydrogen (secondary N) is 1. The summed E-state index contributed by atoms with van der Waals surface area (Å²) in [7, 11) is 1.33. The lowest BCUT2D eigenvalue weighted by atomic mass is 10.2. The lowest BCUT2D eigenvalue weighted by molar-refractivity contribution is -0.137. The molecule has 0 fully saturated rings. The van der Waals surface area contributed by atoms with Gasteiger partial charge in [-0.25, -0.2) is 4.39 Å². The van der Waals surface area contributed by atoms with Crippen LogP contribution >= 0.6 is 0 Å². The van der Waals surface area contributed by atoms with E-state index in [-0.39, 0.29) is 30.9 Å². The third kappa shape index (κ3) is 4.40. The first-order valence-corrected chi connectivity index (χ1v) is 5.38. The Morgan fingerprint density at radius 1 is 1.39 bits per heavy atom. The van der Waals surface area contributed by atoms with Crippen LogP contribution in [0, 0.1) is 5.82 Å². The van der Waals surface area contributed by atoms with Crippen LogP contribution in [0.15, 0.2) is 18.2 Å². The number of ether oxygens (including phenoxy) is 1. The van der Waals surface area contributed by atoms with Gasteiger partial charge in [0.2, 0.25) is 5.91 Å². The highest BCUT2D eigenvalue weighted by molar-refractivity contribution is 5.91. The fourth-order valence-corrected chi connectivity index (χ4v) is 1.36. The summed E-state index contributed by atoms with van der Waals surface area (Å²) in [5.74, 6) is -1.73. The molecule has 98 valence electrons. The van der Waals surface area contributed by atoms with Crippen LogP contribution < -0.4 is 10.1 Å². The number of halogens is 1. The molecule has 1 rings (SSSR count). The van der Waals surface area contributed by atoms with Crippen molar-refractivity contribution < 1.29 is 23.8 Å². The molecule has 5 nitrogen and oxygen atoms in total. The molecule has 0 saturated heterocycles. The van der Waals surface area contributed by atoms with Crippen molar-refractivity contribution in [1.82, 2.24) is 0 Å². The van der Waals surface area contributed by atoms with Gasteiger partial charge in [-0.1, -0.05) is 0 Å².